The van der Waals surface area contributed by atoms with E-state index in [2.05, 4.69) is 0 Å². The average Bonchev–Trinajstić information content (AvgIpc) is 2.23. The van der Waals surface area contributed by atoms with Crippen LogP contribution in [0, 0.1) is 6.92 Å². The van der Waals surface area contributed by atoms with Gasteiger partial charge in [0.1, 0.15) is 13.2 Å². The molecule has 2 N–H and O–H groups in total. The summed E-state index contributed by atoms with van der Waals surface area (Å²) in [6.45, 7) is 3.51. The Balaban J connectivity index is 2.57. The van der Waals surface area contributed by atoms with Gasteiger partial charge in [0.2, 0.25) is 0 Å². The first kappa shape index (κ1) is 9.62. The zero-order valence-electron chi connectivity index (χ0n) is 7.97. The molecule has 3 nitrogen and oxygen atoms in total. The fourth-order valence-electron chi connectivity index (χ4n) is 1.50. The molecule has 2 rings (SSSR count). The molecule has 4 heteroatoms. The number of hydrogen-bond acceptors (Lipinski definition) is 3. The van der Waals surface area contributed by atoms with E-state index < -0.39 is 0 Å². The zero-order valence-corrected chi connectivity index (χ0v) is 8.73. The van der Waals surface area contributed by atoms with Gasteiger partial charge in [-0.05, 0) is 24.1 Å². The van der Waals surface area contributed by atoms with Crippen molar-refractivity contribution in [1.29, 1.82) is 0 Å². The minimum absolute atomic E-state index is 0.461. The normalized spacial score (nSPS) is 14.2. The largest absolute Gasteiger partial charge is 0.486 e. The number of hydrogen-bond donors (Lipinski definition) is 1. The first-order valence-electron chi connectivity index (χ1n) is 4.51. The van der Waals surface area contributed by atoms with Crippen molar-refractivity contribution in [2.75, 3.05) is 13.2 Å². The highest BCUT2D eigenvalue weighted by molar-refractivity contribution is 6.33. The van der Waals surface area contributed by atoms with Crippen molar-refractivity contribution in [2.45, 2.75) is 13.5 Å². The predicted molar refractivity (Wildman–Crippen MR) is 55.1 cm³/mol. The SMILES string of the molecule is Cc1c(CN)cc2c(c1Cl)OCCO2. The second-order valence-corrected chi connectivity index (χ2v) is 3.58. The molecule has 0 atom stereocenters. The molecule has 1 aliphatic rings. The van der Waals surface area contributed by atoms with Crippen LogP contribution < -0.4 is 15.2 Å². The lowest BCUT2D eigenvalue weighted by Crippen LogP contribution is -2.16. The second kappa shape index (κ2) is 3.67. The molecule has 1 aromatic rings. The quantitative estimate of drug-likeness (QED) is 0.775. The third kappa shape index (κ3) is 1.42. The van der Waals surface area contributed by atoms with Gasteiger partial charge in [-0.3, -0.25) is 0 Å². The molecular formula is C10H12ClNO2. The topological polar surface area (TPSA) is 44.5 Å². The van der Waals surface area contributed by atoms with E-state index in [9.17, 15) is 0 Å². The van der Waals surface area contributed by atoms with E-state index in [-0.39, 0.29) is 0 Å². The van der Waals surface area contributed by atoms with E-state index in [0.29, 0.717) is 36.3 Å². The number of nitrogens with two attached hydrogens (primary N) is 1. The Labute approximate surface area is 87.8 Å². The highest BCUT2D eigenvalue weighted by Gasteiger charge is 2.18. The van der Waals surface area contributed by atoms with Crippen molar-refractivity contribution in [3.05, 3.63) is 22.2 Å². The zero-order chi connectivity index (χ0) is 10.1. The third-order valence-electron chi connectivity index (χ3n) is 2.35. The molecule has 0 amide bonds. The molecule has 0 saturated heterocycles. The van der Waals surface area contributed by atoms with Gasteiger partial charge in [-0.15, -0.1) is 0 Å². The Morgan fingerprint density at radius 1 is 1.43 bits per heavy atom. The van der Waals surface area contributed by atoms with Crippen LogP contribution in [0.5, 0.6) is 11.5 Å². The van der Waals surface area contributed by atoms with Crippen LogP contribution in [0.25, 0.3) is 0 Å². The monoisotopic (exact) mass is 213 g/mol. The number of benzene rings is 1. The van der Waals surface area contributed by atoms with E-state index in [1.54, 1.807) is 0 Å². The Bertz CT molecular complexity index is 366. The van der Waals surface area contributed by atoms with Gasteiger partial charge in [0.05, 0.1) is 5.02 Å². The van der Waals surface area contributed by atoms with E-state index in [1.807, 2.05) is 13.0 Å². The molecule has 0 saturated carbocycles. The van der Waals surface area contributed by atoms with Crippen LogP contribution in [0.1, 0.15) is 11.1 Å². The van der Waals surface area contributed by atoms with Crippen molar-refractivity contribution in [2.24, 2.45) is 5.73 Å². The van der Waals surface area contributed by atoms with E-state index >= 15 is 0 Å². The van der Waals surface area contributed by atoms with Crippen LogP contribution in [-0.2, 0) is 6.54 Å². The van der Waals surface area contributed by atoms with Gasteiger partial charge in [-0.1, -0.05) is 11.6 Å². The van der Waals surface area contributed by atoms with E-state index in [4.69, 9.17) is 26.8 Å². The van der Waals surface area contributed by atoms with Crippen molar-refractivity contribution in [3.63, 3.8) is 0 Å². The molecule has 0 aliphatic carbocycles. The van der Waals surface area contributed by atoms with Gasteiger partial charge in [-0.25, -0.2) is 0 Å². The maximum Gasteiger partial charge on any atom is 0.180 e. The Morgan fingerprint density at radius 3 is 2.86 bits per heavy atom. The number of halogens is 1. The molecule has 1 aromatic carbocycles. The van der Waals surface area contributed by atoms with Gasteiger partial charge in [0, 0.05) is 6.54 Å². The molecule has 1 aliphatic heterocycles. The Morgan fingerprint density at radius 2 is 2.14 bits per heavy atom. The van der Waals surface area contributed by atoms with E-state index in [0.717, 1.165) is 11.1 Å². The van der Waals surface area contributed by atoms with Gasteiger partial charge in [0.15, 0.2) is 11.5 Å². The molecular weight excluding hydrogens is 202 g/mol. The summed E-state index contributed by atoms with van der Waals surface area (Å²) in [7, 11) is 0. The summed E-state index contributed by atoms with van der Waals surface area (Å²) in [5.41, 5.74) is 7.57. The summed E-state index contributed by atoms with van der Waals surface area (Å²) in [5.74, 6) is 1.35. The lowest BCUT2D eigenvalue weighted by atomic mass is 10.1. The number of fused-ring (bicyclic) bond motifs is 1. The van der Waals surface area contributed by atoms with Crippen LogP contribution in [-0.4, -0.2) is 13.2 Å². The summed E-state index contributed by atoms with van der Waals surface area (Å²) in [4.78, 5) is 0. The molecule has 0 spiro atoms. The fourth-order valence-corrected chi connectivity index (χ4v) is 1.77. The van der Waals surface area contributed by atoms with Crippen LogP contribution in [0.4, 0.5) is 0 Å². The molecule has 1 heterocycles. The summed E-state index contributed by atoms with van der Waals surface area (Å²) in [5, 5.41) is 0.614. The molecule has 76 valence electrons. The van der Waals surface area contributed by atoms with Crippen molar-refractivity contribution < 1.29 is 9.47 Å². The summed E-state index contributed by atoms with van der Waals surface area (Å²) in [6, 6.07) is 1.90. The standard InChI is InChI=1S/C10H12ClNO2/c1-6-7(5-12)4-8-10(9(6)11)14-3-2-13-8/h4H,2-3,5,12H2,1H3. The van der Waals surface area contributed by atoms with Crippen LogP contribution in [0.3, 0.4) is 0 Å². The molecule has 14 heavy (non-hydrogen) atoms. The van der Waals surface area contributed by atoms with Gasteiger partial charge in [0.25, 0.3) is 0 Å². The first-order valence-corrected chi connectivity index (χ1v) is 4.89. The first-order chi connectivity index (χ1) is 6.74. The minimum Gasteiger partial charge on any atom is -0.486 e. The lowest BCUT2D eigenvalue weighted by molar-refractivity contribution is 0.171. The predicted octanol–water partition coefficient (Wildman–Crippen LogP) is 1.88. The van der Waals surface area contributed by atoms with Gasteiger partial charge >= 0.3 is 0 Å². The molecule has 0 unspecified atom stereocenters. The van der Waals surface area contributed by atoms with Crippen molar-refractivity contribution in [1.82, 2.24) is 0 Å². The third-order valence-corrected chi connectivity index (χ3v) is 2.80. The second-order valence-electron chi connectivity index (χ2n) is 3.20. The van der Waals surface area contributed by atoms with Crippen molar-refractivity contribution in [3.8, 4) is 11.5 Å². The molecule has 0 bridgehead atoms. The Hall–Kier alpha value is -0.930. The van der Waals surface area contributed by atoms with Crippen LogP contribution in [0.15, 0.2) is 6.07 Å². The highest BCUT2D eigenvalue weighted by Crippen LogP contribution is 2.40. The number of ether oxygens (including phenoxy) is 2. The lowest BCUT2D eigenvalue weighted by Gasteiger charge is -2.21. The summed E-state index contributed by atoms with van der Waals surface area (Å²) in [6.07, 6.45) is 0. The Kier molecular flexibility index (Phi) is 2.52. The van der Waals surface area contributed by atoms with Crippen molar-refractivity contribution >= 4 is 11.6 Å². The maximum absolute atomic E-state index is 6.13. The molecule has 0 radical (unpaired) electrons. The van der Waals surface area contributed by atoms with Crippen LogP contribution >= 0.6 is 11.6 Å². The average molecular weight is 214 g/mol. The fraction of sp³-hybridized carbons (Fsp3) is 0.400. The molecule has 0 aromatic heterocycles. The van der Waals surface area contributed by atoms with Gasteiger partial charge < -0.3 is 15.2 Å². The van der Waals surface area contributed by atoms with E-state index in [1.165, 1.54) is 0 Å². The summed E-state index contributed by atoms with van der Waals surface area (Å²) >= 11 is 6.13. The smallest absolute Gasteiger partial charge is 0.180 e. The number of rotatable bonds is 1. The highest BCUT2D eigenvalue weighted by atomic mass is 35.5. The van der Waals surface area contributed by atoms with Crippen LogP contribution in [0.2, 0.25) is 5.02 Å². The molecule has 0 fully saturated rings. The maximum atomic E-state index is 6.13. The minimum atomic E-state index is 0.461. The summed E-state index contributed by atoms with van der Waals surface area (Å²) < 4.78 is 10.9. The van der Waals surface area contributed by atoms with Gasteiger partial charge in [-0.2, -0.15) is 0 Å².